The number of aromatic amines is 1. The SMILES string of the molecule is COC(=O)N[C@H](C(=O)NN(CC1CCCCC1)C[C@H](C(=O)c1c[nH]cn1)C(C(=O)[C@@H](NC(=O)OC)C(C)C)C(N)(O)c1ccccc1)C(C)C. The molecule has 1 heterocycles. The molecule has 15 nitrogen and oxygen atoms in total. The van der Waals surface area contributed by atoms with Gasteiger partial charge in [0.25, 0.3) is 5.91 Å². The van der Waals surface area contributed by atoms with Crippen LogP contribution in [0, 0.1) is 29.6 Å². The van der Waals surface area contributed by atoms with E-state index in [1.54, 1.807) is 63.0 Å². The van der Waals surface area contributed by atoms with E-state index < -0.39 is 65.2 Å². The fraction of sp³-hybridized carbons (Fsp3) is 0.600. The first-order chi connectivity index (χ1) is 23.7. The first-order valence-corrected chi connectivity index (χ1v) is 17.1. The Labute approximate surface area is 293 Å². The summed E-state index contributed by atoms with van der Waals surface area (Å²) < 4.78 is 9.54. The van der Waals surface area contributed by atoms with Gasteiger partial charge in [-0.05, 0) is 36.2 Å². The molecule has 276 valence electrons. The number of hydrogen-bond acceptors (Lipinski definition) is 11. The zero-order chi connectivity index (χ0) is 37.0. The maximum atomic E-state index is 14.8. The number of carbonyl (C=O) groups excluding carboxylic acids is 5. The highest BCUT2D eigenvalue weighted by Gasteiger charge is 2.51. The van der Waals surface area contributed by atoms with E-state index in [4.69, 9.17) is 15.2 Å². The summed E-state index contributed by atoms with van der Waals surface area (Å²) in [5.41, 5.74) is 7.34. The maximum Gasteiger partial charge on any atom is 0.407 e. The van der Waals surface area contributed by atoms with Gasteiger partial charge < -0.3 is 30.2 Å². The van der Waals surface area contributed by atoms with Crippen LogP contribution in [0.1, 0.15) is 75.9 Å². The van der Waals surface area contributed by atoms with E-state index in [2.05, 4.69) is 26.0 Å². The minimum Gasteiger partial charge on any atom is -0.453 e. The van der Waals surface area contributed by atoms with E-state index in [1.165, 1.54) is 19.6 Å². The Morgan fingerprint density at radius 3 is 2.06 bits per heavy atom. The summed E-state index contributed by atoms with van der Waals surface area (Å²) in [6.45, 7) is 6.96. The molecule has 0 bridgehead atoms. The fourth-order valence-corrected chi connectivity index (χ4v) is 6.51. The Balaban J connectivity index is 2.20. The number of amides is 3. The van der Waals surface area contributed by atoms with Crippen LogP contribution in [0.3, 0.4) is 0 Å². The average Bonchev–Trinajstić information content (AvgIpc) is 3.64. The minimum atomic E-state index is -2.44. The third kappa shape index (κ3) is 10.6. The number of benzene rings is 1. The molecular formula is C35H53N7O8. The van der Waals surface area contributed by atoms with Gasteiger partial charge in [-0.1, -0.05) is 77.3 Å². The molecule has 1 saturated carbocycles. The van der Waals surface area contributed by atoms with Crippen LogP contribution in [0.4, 0.5) is 9.59 Å². The van der Waals surface area contributed by atoms with Crippen LogP contribution in [0.2, 0.25) is 0 Å². The van der Waals surface area contributed by atoms with Crippen molar-refractivity contribution < 1.29 is 38.6 Å². The van der Waals surface area contributed by atoms with Crippen molar-refractivity contribution in [2.45, 2.75) is 77.6 Å². The van der Waals surface area contributed by atoms with Gasteiger partial charge in [0.1, 0.15) is 17.5 Å². The van der Waals surface area contributed by atoms with E-state index >= 15 is 0 Å². The average molecular weight is 700 g/mol. The first-order valence-electron chi connectivity index (χ1n) is 17.1. The predicted molar refractivity (Wildman–Crippen MR) is 184 cm³/mol. The quantitative estimate of drug-likeness (QED) is 0.0801. The van der Waals surface area contributed by atoms with Gasteiger partial charge in [-0.2, -0.15) is 0 Å². The summed E-state index contributed by atoms with van der Waals surface area (Å²) in [6.07, 6.45) is 5.85. The standard InChI is InChI=1S/C35H53N7O8/c1-21(2)28(39-33(46)49-5)31(44)27(35(36,48)24-15-11-8-12-16-24)25(30(43)26-17-37-20-38-26)19-42(18-23-13-9-7-10-14-23)41-32(45)29(22(3)4)40-34(47)50-6/h8,11-12,15-17,20-23,25,27-29,48H,7,9-10,13-14,18-19,36H2,1-6H3,(H,37,38)(H,39,46)(H,40,47)(H,41,45)/t25-,27?,28-,29-,35?/m0/s1. The van der Waals surface area contributed by atoms with Gasteiger partial charge in [0.15, 0.2) is 11.6 Å². The summed E-state index contributed by atoms with van der Waals surface area (Å²) in [4.78, 5) is 74.6. The number of H-pyrrole nitrogens is 1. The lowest BCUT2D eigenvalue weighted by atomic mass is 9.71. The fourth-order valence-electron chi connectivity index (χ4n) is 6.51. The lowest BCUT2D eigenvalue weighted by Crippen LogP contribution is -2.61. The van der Waals surface area contributed by atoms with Crippen LogP contribution in [0.15, 0.2) is 42.9 Å². The molecule has 5 atom stereocenters. The van der Waals surface area contributed by atoms with Crippen LogP contribution in [-0.2, 0) is 24.8 Å². The highest BCUT2D eigenvalue weighted by Crippen LogP contribution is 2.36. The Bertz CT molecular complexity index is 1410. The molecule has 2 aromatic rings. The molecular weight excluding hydrogens is 646 g/mol. The predicted octanol–water partition coefficient (Wildman–Crippen LogP) is 2.87. The largest absolute Gasteiger partial charge is 0.453 e. The lowest BCUT2D eigenvalue weighted by Gasteiger charge is -2.41. The molecule has 1 aliphatic rings. The Morgan fingerprint density at radius 2 is 1.54 bits per heavy atom. The van der Waals surface area contributed by atoms with Crippen molar-refractivity contribution in [3.8, 4) is 0 Å². The van der Waals surface area contributed by atoms with Crippen LogP contribution in [-0.4, -0.2) is 89.1 Å². The van der Waals surface area contributed by atoms with Crippen LogP contribution < -0.4 is 21.8 Å². The van der Waals surface area contributed by atoms with Crippen molar-refractivity contribution in [1.29, 1.82) is 0 Å². The third-order valence-electron chi connectivity index (χ3n) is 9.24. The Morgan fingerprint density at radius 1 is 0.960 bits per heavy atom. The molecule has 7 N–H and O–H groups in total. The highest BCUT2D eigenvalue weighted by atomic mass is 16.5. The molecule has 1 aliphatic carbocycles. The molecule has 1 fully saturated rings. The monoisotopic (exact) mass is 699 g/mol. The van der Waals surface area contributed by atoms with Gasteiger partial charge in [-0.3, -0.25) is 25.5 Å². The van der Waals surface area contributed by atoms with Crippen molar-refractivity contribution in [1.82, 2.24) is 31.0 Å². The zero-order valence-corrected chi connectivity index (χ0v) is 29.8. The molecule has 3 rings (SSSR count). The van der Waals surface area contributed by atoms with Gasteiger partial charge in [-0.15, -0.1) is 0 Å². The molecule has 50 heavy (non-hydrogen) atoms. The number of alkyl carbamates (subject to hydrolysis) is 2. The van der Waals surface area contributed by atoms with Gasteiger partial charge in [0.05, 0.1) is 38.4 Å². The highest BCUT2D eigenvalue weighted by molar-refractivity contribution is 6.01. The molecule has 1 aromatic heterocycles. The maximum absolute atomic E-state index is 14.8. The summed E-state index contributed by atoms with van der Waals surface area (Å²) >= 11 is 0. The number of imidazole rings is 1. The third-order valence-corrected chi connectivity index (χ3v) is 9.24. The molecule has 0 saturated heterocycles. The number of ketones is 2. The number of nitrogens with zero attached hydrogens (tertiary/aromatic N) is 2. The summed E-state index contributed by atoms with van der Waals surface area (Å²) in [7, 11) is 2.36. The number of aliphatic hydroxyl groups is 1. The van der Waals surface area contributed by atoms with Gasteiger partial charge in [-0.25, -0.2) is 19.6 Å². The number of aromatic nitrogens is 2. The lowest BCUT2D eigenvalue weighted by molar-refractivity contribution is -0.141. The van der Waals surface area contributed by atoms with Gasteiger partial charge >= 0.3 is 12.2 Å². The second-order valence-electron chi connectivity index (χ2n) is 13.6. The number of Topliss-reactive ketones (excluding diaryl/α,β-unsaturated/α-hetero) is 2. The van der Waals surface area contributed by atoms with E-state index in [0.717, 1.165) is 39.2 Å². The first kappa shape index (κ1) is 40.1. The molecule has 0 spiro atoms. The number of methoxy groups -OCH3 is 2. The van der Waals surface area contributed by atoms with Crippen molar-refractivity contribution in [3.05, 3.63) is 54.1 Å². The number of hydrazine groups is 1. The van der Waals surface area contributed by atoms with Crippen molar-refractivity contribution in [2.24, 2.45) is 35.3 Å². The number of nitrogens with two attached hydrogens (primary N) is 1. The van der Waals surface area contributed by atoms with Crippen LogP contribution in [0.25, 0.3) is 0 Å². The van der Waals surface area contributed by atoms with E-state index in [-0.39, 0.29) is 29.6 Å². The summed E-state index contributed by atoms with van der Waals surface area (Å²) in [6, 6.07) is 5.86. The topological polar surface area (TPSA) is 218 Å². The van der Waals surface area contributed by atoms with Crippen molar-refractivity contribution in [2.75, 3.05) is 27.3 Å². The Kier molecular flexibility index (Phi) is 14.9. The van der Waals surface area contributed by atoms with Crippen LogP contribution in [0.5, 0.6) is 0 Å². The smallest absolute Gasteiger partial charge is 0.407 e. The second kappa shape index (κ2) is 18.6. The van der Waals surface area contributed by atoms with Crippen molar-refractivity contribution in [3.63, 3.8) is 0 Å². The summed E-state index contributed by atoms with van der Waals surface area (Å²) in [5, 5.41) is 18.9. The Hall–Kier alpha value is -4.34. The number of ether oxygens (including phenoxy) is 2. The zero-order valence-electron chi connectivity index (χ0n) is 29.8. The molecule has 0 aliphatic heterocycles. The number of hydrogen-bond donors (Lipinski definition) is 6. The van der Waals surface area contributed by atoms with E-state index in [1.807, 2.05) is 0 Å². The summed E-state index contributed by atoms with van der Waals surface area (Å²) in [5.74, 6) is -5.69. The van der Waals surface area contributed by atoms with Crippen molar-refractivity contribution >= 4 is 29.7 Å². The molecule has 2 unspecified atom stereocenters. The normalized spacial score (nSPS) is 17.3. The number of nitrogens with one attached hydrogen (secondary N) is 4. The van der Waals surface area contributed by atoms with Gasteiger partial charge in [0, 0.05) is 19.3 Å². The molecule has 15 heteroatoms. The number of rotatable bonds is 17. The molecule has 3 amide bonds. The minimum absolute atomic E-state index is 0.0185. The molecule has 1 aromatic carbocycles. The van der Waals surface area contributed by atoms with E-state index in [0.29, 0.717) is 6.54 Å². The van der Waals surface area contributed by atoms with Crippen LogP contribution >= 0.6 is 0 Å². The second-order valence-corrected chi connectivity index (χ2v) is 13.6. The number of carbonyl (C=O) groups is 5. The van der Waals surface area contributed by atoms with Gasteiger partial charge in [0.2, 0.25) is 0 Å². The van der Waals surface area contributed by atoms with E-state index in [9.17, 15) is 29.1 Å². The molecule has 0 radical (unpaired) electrons.